The number of aromatic nitrogens is 4. The van der Waals surface area contributed by atoms with E-state index in [1.54, 1.807) is 127 Å². The number of benzene rings is 4. The van der Waals surface area contributed by atoms with Gasteiger partial charge in [-0.05, 0) is 73.2 Å². The van der Waals surface area contributed by atoms with Crippen LogP contribution in [0.4, 0.5) is 0 Å². The Morgan fingerprint density at radius 2 is 0.906 bits per heavy atom. The zero-order valence-corrected chi connectivity index (χ0v) is 49.3. The third-order valence-electron chi connectivity index (χ3n) is 15.6. The number of carbonyl (C=O) groups excluding carboxylic acids is 3. The molecule has 4 saturated heterocycles. The molecule has 4 aromatic carbocycles. The Balaban J connectivity index is 0.000000193. The van der Waals surface area contributed by atoms with E-state index in [0.29, 0.717) is 55.9 Å². The predicted octanol–water partition coefficient (Wildman–Crippen LogP) is 2.39. The SMILES string of the molecule is Cc1cccc(Cl)c1C(=O)NC(Cc1ccc(-c2c(C)n(C)c(=O)n(C)c2=O)cc1)C(=O)O.Cc1cccc(Cl)c1C(=O)NC(Cc1ccc(-c2c(C)n(C)c(=O)n(C)c2=O)cc1)C(=O)O[C@H]1CO[C@@H]2C(O)CO[C@H]12.O[C@@H]1CO[C@H]2[C@@H]1OC[C@@H]2O. The third-order valence-corrected chi connectivity index (χ3v) is 16.3. The zero-order valence-electron chi connectivity index (χ0n) is 47.7. The van der Waals surface area contributed by atoms with Gasteiger partial charge in [-0.3, -0.25) is 28.3 Å². The van der Waals surface area contributed by atoms with Crippen molar-refractivity contribution in [1.29, 1.82) is 0 Å². The lowest BCUT2D eigenvalue weighted by atomic mass is 9.99. The maximum atomic E-state index is 13.5. The standard InChI is InChI=1S/C30H32ClN3O8.C24H24ClN3O5.C6H10O4/c1-15-6-5-7-19(31)23(15)27(36)32-20(29(38)42-22-14-41-25-21(35)13-40-26(22)25)12-17-8-10-18(11-9-17)24-16(2)33(3)30(39)34(4)28(24)37;1-13-6-5-7-17(25)19(13)21(29)26-18(23(31)32)12-15-8-10-16(11-9-15)20-14(2)27(3)24(33)28(4)22(20)30;7-3-1-9-6-4(8)2-10-5(3)6/h5-11,20-22,25-26,35H,12-14H2,1-4H3,(H,32,36);5-11,18H,12H2,1-4H3,(H,26,29)(H,31,32);3-8H,1-2H2/t20?,21?,22-,25+,26+;;3-,4+,5-,6-/m0.1/s1. The van der Waals surface area contributed by atoms with Gasteiger partial charge in [-0.2, -0.15) is 0 Å². The molecule has 23 nitrogen and oxygen atoms in total. The van der Waals surface area contributed by atoms with Crippen molar-refractivity contribution in [2.45, 2.75) is 101 Å². The number of rotatable bonds is 13. The zero-order chi connectivity index (χ0) is 61.9. The van der Waals surface area contributed by atoms with Crippen LogP contribution in [-0.2, 0) is 74.3 Å². The summed E-state index contributed by atoms with van der Waals surface area (Å²) >= 11 is 12.4. The maximum absolute atomic E-state index is 13.5. The fourth-order valence-corrected chi connectivity index (χ4v) is 11.2. The molecule has 4 aliphatic rings. The summed E-state index contributed by atoms with van der Waals surface area (Å²) in [6, 6.07) is 21.6. The Labute approximate surface area is 496 Å². The highest BCUT2D eigenvalue weighted by Crippen LogP contribution is 2.31. The van der Waals surface area contributed by atoms with Crippen molar-refractivity contribution in [3.05, 3.63) is 181 Å². The first-order valence-corrected chi connectivity index (χ1v) is 27.8. The molecule has 2 amide bonds. The van der Waals surface area contributed by atoms with Gasteiger partial charge in [0.15, 0.2) is 6.10 Å². The molecule has 25 heteroatoms. The second-order valence-electron chi connectivity index (χ2n) is 21.3. The summed E-state index contributed by atoms with van der Waals surface area (Å²) in [7, 11) is 6.04. The fraction of sp³-hybridized carbons (Fsp3) is 0.400. The topological polar surface area (TPSA) is 307 Å². The van der Waals surface area contributed by atoms with Gasteiger partial charge in [-0.1, -0.05) is 96.0 Å². The van der Waals surface area contributed by atoms with Gasteiger partial charge in [0.1, 0.15) is 54.8 Å². The van der Waals surface area contributed by atoms with Crippen LogP contribution in [0.1, 0.15) is 54.4 Å². The number of aliphatic hydroxyl groups excluding tert-OH is 3. The number of nitrogens with zero attached hydrogens (tertiary/aromatic N) is 4. The number of esters is 1. The second kappa shape index (κ2) is 26.8. The van der Waals surface area contributed by atoms with Crippen LogP contribution >= 0.6 is 23.2 Å². The minimum absolute atomic E-state index is 0.0368. The van der Waals surface area contributed by atoms with Gasteiger partial charge in [0.2, 0.25) is 0 Å². The minimum Gasteiger partial charge on any atom is -0.480 e. The number of ether oxygens (including phenoxy) is 5. The Hall–Kier alpha value is -7.58. The summed E-state index contributed by atoms with van der Waals surface area (Å²) in [5, 5.41) is 43.8. The number of halogens is 2. The van der Waals surface area contributed by atoms with E-state index in [4.69, 9.17) is 57.1 Å². The van der Waals surface area contributed by atoms with Gasteiger partial charge in [0.25, 0.3) is 22.9 Å². The lowest BCUT2D eigenvalue weighted by Crippen LogP contribution is -2.46. The number of amides is 2. The number of hydrogen-bond acceptors (Lipinski definition) is 16. The smallest absolute Gasteiger partial charge is 0.330 e. The summed E-state index contributed by atoms with van der Waals surface area (Å²) in [5.41, 5.74) is 4.51. The summed E-state index contributed by atoms with van der Waals surface area (Å²) in [5.74, 6) is -2.97. The molecule has 10 rings (SSSR count). The Morgan fingerprint density at radius 1 is 0.541 bits per heavy atom. The van der Waals surface area contributed by atoms with Crippen molar-refractivity contribution in [1.82, 2.24) is 28.9 Å². The average Bonchev–Trinajstić information content (AvgIpc) is 2.49. The van der Waals surface area contributed by atoms with Crippen molar-refractivity contribution >= 4 is 47.0 Å². The number of nitrogens with one attached hydrogen (secondary N) is 2. The summed E-state index contributed by atoms with van der Waals surface area (Å²) in [4.78, 5) is 101. The highest BCUT2D eigenvalue weighted by molar-refractivity contribution is 6.34. The highest BCUT2D eigenvalue weighted by atomic mass is 35.5. The molecule has 0 saturated carbocycles. The van der Waals surface area contributed by atoms with Crippen LogP contribution in [0.3, 0.4) is 0 Å². The predicted molar refractivity (Wildman–Crippen MR) is 311 cm³/mol. The molecule has 85 heavy (non-hydrogen) atoms. The van der Waals surface area contributed by atoms with E-state index in [2.05, 4.69) is 10.6 Å². The van der Waals surface area contributed by atoms with E-state index < -0.39 is 95.0 Å². The van der Waals surface area contributed by atoms with Gasteiger partial charge in [-0.25, -0.2) is 19.2 Å². The summed E-state index contributed by atoms with van der Waals surface area (Å²) < 4.78 is 32.0. The summed E-state index contributed by atoms with van der Waals surface area (Å²) in [6.45, 7) is 7.58. The van der Waals surface area contributed by atoms with Crippen molar-refractivity contribution < 1.29 is 63.3 Å². The van der Waals surface area contributed by atoms with Crippen LogP contribution < -0.4 is 33.1 Å². The molecule has 0 spiro atoms. The van der Waals surface area contributed by atoms with Crippen LogP contribution in [-0.4, -0.2) is 150 Å². The maximum Gasteiger partial charge on any atom is 0.330 e. The molecule has 0 radical (unpaired) electrons. The molecule has 3 unspecified atom stereocenters. The van der Waals surface area contributed by atoms with Crippen LogP contribution in [0.5, 0.6) is 0 Å². The van der Waals surface area contributed by atoms with Crippen molar-refractivity contribution in [2.24, 2.45) is 28.2 Å². The molecule has 4 aliphatic heterocycles. The first-order valence-electron chi connectivity index (χ1n) is 27.1. The number of carboxylic acid groups (broad SMARTS) is 1. The Bertz CT molecular complexity index is 3710. The summed E-state index contributed by atoms with van der Waals surface area (Å²) in [6.07, 6.45) is -4.31. The fourth-order valence-electron chi connectivity index (χ4n) is 10.6. The molecule has 6 N–H and O–H groups in total. The van der Waals surface area contributed by atoms with E-state index in [9.17, 15) is 48.6 Å². The van der Waals surface area contributed by atoms with E-state index in [-0.39, 0.29) is 72.6 Å². The number of carboxylic acids is 1. The van der Waals surface area contributed by atoms with E-state index in [0.717, 1.165) is 9.13 Å². The van der Waals surface area contributed by atoms with Crippen LogP contribution in [0.2, 0.25) is 10.0 Å². The van der Waals surface area contributed by atoms with Gasteiger partial charge >= 0.3 is 23.3 Å². The van der Waals surface area contributed by atoms with Crippen molar-refractivity contribution in [3.63, 3.8) is 0 Å². The van der Waals surface area contributed by atoms with Crippen molar-refractivity contribution in [2.75, 3.05) is 26.4 Å². The van der Waals surface area contributed by atoms with Gasteiger partial charge < -0.3 is 63.9 Å². The van der Waals surface area contributed by atoms with Crippen molar-refractivity contribution in [3.8, 4) is 22.3 Å². The van der Waals surface area contributed by atoms with Gasteiger partial charge in [0, 0.05) is 52.4 Å². The van der Waals surface area contributed by atoms with Gasteiger partial charge in [-0.15, -0.1) is 0 Å². The number of carbonyl (C=O) groups is 4. The highest BCUT2D eigenvalue weighted by Gasteiger charge is 2.50. The number of aliphatic hydroxyl groups is 3. The third kappa shape index (κ3) is 13.6. The molecule has 6 heterocycles. The second-order valence-corrected chi connectivity index (χ2v) is 22.1. The Morgan fingerprint density at radius 3 is 1.31 bits per heavy atom. The van der Waals surface area contributed by atoms with Crippen LogP contribution in [0.15, 0.2) is 104 Å². The molecular formula is C60H66Cl2N6O17. The Kier molecular flexibility index (Phi) is 20.0. The largest absolute Gasteiger partial charge is 0.480 e. The molecule has 0 bridgehead atoms. The van der Waals surface area contributed by atoms with Gasteiger partial charge in [0.05, 0.1) is 58.7 Å². The first-order chi connectivity index (χ1) is 40.3. The normalized spacial score (nSPS) is 21.8. The lowest BCUT2D eigenvalue weighted by Gasteiger charge is -2.23. The van der Waals surface area contributed by atoms with E-state index >= 15 is 0 Å². The van der Waals surface area contributed by atoms with E-state index in [1.165, 1.54) is 23.2 Å². The molecule has 0 aliphatic carbocycles. The first kappa shape index (κ1) is 63.4. The average molecular weight is 1210 g/mol. The molecule has 4 fully saturated rings. The number of hydrogen-bond donors (Lipinski definition) is 6. The number of aryl methyl sites for hydroxylation is 2. The number of aliphatic carboxylic acids is 1. The van der Waals surface area contributed by atoms with Crippen LogP contribution in [0, 0.1) is 27.7 Å². The number of fused-ring (bicyclic) bond motifs is 2. The molecule has 10 atom stereocenters. The molecular weight excluding hydrogens is 1150 g/mol. The monoisotopic (exact) mass is 1210 g/mol. The molecule has 2 aromatic heterocycles. The minimum atomic E-state index is -1.18. The molecule has 452 valence electrons. The molecule has 6 aromatic rings. The van der Waals surface area contributed by atoms with E-state index in [1.807, 2.05) is 0 Å². The van der Waals surface area contributed by atoms with Crippen LogP contribution in [0.25, 0.3) is 22.3 Å². The lowest BCUT2D eigenvalue weighted by molar-refractivity contribution is -0.156. The quantitative estimate of drug-likeness (QED) is 0.0905.